The van der Waals surface area contributed by atoms with Gasteiger partial charge in [0.15, 0.2) is 0 Å². The van der Waals surface area contributed by atoms with Crippen LogP contribution in [0.15, 0.2) is 34.1 Å². The normalized spacial score (nSPS) is 10.3. The molecule has 82 valence electrons. The maximum atomic E-state index is 12.1. The molecule has 0 bridgehead atoms. The van der Waals surface area contributed by atoms with Gasteiger partial charge in [0.05, 0.1) is 4.88 Å². The lowest BCUT2D eigenvalue weighted by Crippen LogP contribution is -2.04. The molecule has 1 aromatic carbocycles. The first kappa shape index (κ1) is 11.2. The summed E-state index contributed by atoms with van der Waals surface area (Å²) in [4.78, 5) is 12.8. The molecule has 2 rings (SSSR count). The van der Waals surface area contributed by atoms with Gasteiger partial charge >= 0.3 is 0 Å². The minimum absolute atomic E-state index is 0.0839. The molecule has 2 aromatic rings. The molecule has 5 heteroatoms. The standard InChI is InChI=1S/C11H9BrN2OS/c12-8-3-4-16-11(8)10(15)7-2-1-6(13)5-9(7)14/h1-5H,13-14H2. The lowest BCUT2D eigenvalue weighted by molar-refractivity contribution is 0.104. The quantitative estimate of drug-likeness (QED) is 0.661. The highest BCUT2D eigenvalue weighted by atomic mass is 79.9. The number of carbonyl (C=O) groups is 1. The van der Waals surface area contributed by atoms with Gasteiger partial charge in [-0.15, -0.1) is 11.3 Å². The Bertz CT molecular complexity index is 551. The second kappa shape index (κ2) is 4.27. The summed E-state index contributed by atoms with van der Waals surface area (Å²) in [5.74, 6) is -0.0839. The predicted octanol–water partition coefficient (Wildman–Crippen LogP) is 2.91. The van der Waals surface area contributed by atoms with Crippen molar-refractivity contribution in [3.05, 3.63) is 44.6 Å². The maximum absolute atomic E-state index is 12.1. The van der Waals surface area contributed by atoms with E-state index < -0.39 is 0 Å². The van der Waals surface area contributed by atoms with Gasteiger partial charge in [0.1, 0.15) is 0 Å². The molecule has 0 radical (unpaired) electrons. The van der Waals surface area contributed by atoms with Crippen LogP contribution in [0, 0.1) is 0 Å². The van der Waals surface area contributed by atoms with Crippen molar-refractivity contribution in [3.8, 4) is 0 Å². The Morgan fingerprint density at radius 2 is 2.00 bits per heavy atom. The molecule has 0 aliphatic heterocycles. The number of rotatable bonds is 2. The molecule has 0 amide bonds. The molecule has 4 N–H and O–H groups in total. The summed E-state index contributed by atoms with van der Waals surface area (Å²) in [5.41, 5.74) is 12.8. The summed E-state index contributed by atoms with van der Waals surface area (Å²) in [6, 6.07) is 6.75. The van der Waals surface area contributed by atoms with Crippen LogP contribution < -0.4 is 11.5 Å². The molecule has 0 saturated heterocycles. The Balaban J connectivity index is 2.46. The first-order valence-corrected chi connectivity index (χ1v) is 6.19. The molecular formula is C11H9BrN2OS. The van der Waals surface area contributed by atoms with Crippen molar-refractivity contribution in [2.45, 2.75) is 0 Å². The van der Waals surface area contributed by atoms with Gasteiger partial charge < -0.3 is 11.5 Å². The molecule has 1 aromatic heterocycles. The van der Waals surface area contributed by atoms with Crippen LogP contribution in [0.2, 0.25) is 0 Å². The highest BCUT2D eigenvalue weighted by Crippen LogP contribution is 2.28. The fourth-order valence-electron chi connectivity index (χ4n) is 1.37. The summed E-state index contributed by atoms with van der Waals surface area (Å²) in [7, 11) is 0. The largest absolute Gasteiger partial charge is 0.399 e. The van der Waals surface area contributed by atoms with Crippen LogP contribution in [-0.4, -0.2) is 5.78 Å². The number of nitrogen functional groups attached to an aromatic ring is 2. The summed E-state index contributed by atoms with van der Waals surface area (Å²) in [6.07, 6.45) is 0. The Hall–Kier alpha value is -1.33. The number of benzene rings is 1. The summed E-state index contributed by atoms with van der Waals surface area (Å²) in [6.45, 7) is 0. The third kappa shape index (κ3) is 1.96. The van der Waals surface area contributed by atoms with Crippen LogP contribution in [0.25, 0.3) is 0 Å². The van der Waals surface area contributed by atoms with Gasteiger partial charge in [-0.3, -0.25) is 4.79 Å². The van der Waals surface area contributed by atoms with Gasteiger partial charge in [0, 0.05) is 21.4 Å². The van der Waals surface area contributed by atoms with Crippen molar-refractivity contribution in [2.24, 2.45) is 0 Å². The van der Waals surface area contributed by atoms with E-state index in [1.165, 1.54) is 11.3 Å². The third-order valence-corrected chi connectivity index (χ3v) is 3.98. The number of carbonyl (C=O) groups excluding carboxylic acids is 1. The Morgan fingerprint density at radius 1 is 1.25 bits per heavy atom. The van der Waals surface area contributed by atoms with Gasteiger partial charge in [0.2, 0.25) is 5.78 Å². The van der Waals surface area contributed by atoms with Crippen molar-refractivity contribution in [3.63, 3.8) is 0 Å². The summed E-state index contributed by atoms with van der Waals surface area (Å²) < 4.78 is 0.790. The smallest absolute Gasteiger partial charge is 0.206 e. The Morgan fingerprint density at radius 3 is 2.56 bits per heavy atom. The lowest BCUT2D eigenvalue weighted by Gasteiger charge is -2.04. The minimum Gasteiger partial charge on any atom is -0.399 e. The van der Waals surface area contributed by atoms with Crippen molar-refractivity contribution >= 4 is 44.4 Å². The molecular weight excluding hydrogens is 288 g/mol. The Kier molecular flexibility index (Phi) is 2.98. The number of nitrogens with two attached hydrogens (primary N) is 2. The van der Waals surface area contributed by atoms with Crippen LogP contribution in [0.1, 0.15) is 15.2 Å². The molecule has 1 heterocycles. The molecule has 0 spiro atoms. The summed E-state index contributed by atoms with van der Waals surface area (Å²) in [5, 5.41) is 1.85. The average molecular weight is 297 g/mol. The molecule has 0 aliphatic rings. The van der Waals surface area contributed by atoms with Crippen molar-refractivity contribution in [1.29, 1.82) is 0 Å². The van der Waals surface area contributed by atoms with Crippen LogP contribution in [0.5, 0.6) is 0 Å². The number of halogens is 1. The number of ketones is 1. The minimum atomic E-state index is -0.0839. The first-order valence-electron chi connectivity index (χ1n) is 4.52. The fourth-order valence-corrected chi connectivity index (χ4v) is 2.87. The van der Waals surface area contributed by atoms with E-state index in [1.54, 1.807) is 18.2 Å². The lowest BCUT2D eigenvalue weighted by atomic mass is 10.1. The number of hydrogen-bond donors (Lipinski definition) is 2. The van der Waals surface area contributed by atoms with Gasteiger partial charge in [-0.05, 0) is 45.6 Å². The fraction of sp³-hybridized carbons (Fsp3) is 0. The highest BCUT2D eigenvalue weighted by molar-refractivity contribution is 9.10. The molecule has 16 heavy (non-hydrogen) atoms. The zero-order valence-electron chi connectivity index (χ0n) is 8.24. The zero-order chi connectivity index (χ0) is 11.7. The van der Waals surface area contributed by atoms with Crippen molar-refractivity contribution < 1.29 is 4.79 Å². The highest BCUT2D eigenvalue weighted by Gasteiger charge is 2.16. The van der Waals surface area contributed by atoms with E-state index in [1.807, 2.05) is 11.4 Å². The van der Waals surface area contributed by atoms with Crippen molar-refractivity contribution in [1.82, 2.24) is 0 Å². The molecule has 3 nitrogen and oxygen atoms in total. The second-order valence-corrected chi connectivity index (χ2v) is 5.04. The molecule has 0 unspecified atom stereocenters. The second-order valence-electron chi connectivity index (χ2n) is 3.27. The molecule has 0 atom stereocenters. The van der Waals surface area contributed by atoms with Crippen LogP contribution in [-0.2, 0) is 0 Å². The first-order chi connectivity index (χ1) is 7.59. The van der Waals surface area contributed by atoms with E-state index in [4.69, 9.17) is 11.5 Å². The summed E-state index contributed by atoms with van der Waals surface area (Å²) >= 11 is 4.71. The number of hydrogen-bond acceptors (Lipinski definition) is 4. The van der Waals surface area contributed by atoms with Crippen LogP contribution >= 0.6 is 27.3 Å². The number of anilines is 2. The Labute approximate surface area is 105 Å². The SMILES string of the molecule is Nc1ccc(C(=O)c2sccc2Br)c(N)c1. The van der Waals surface area contributed by atoms with Gasteiger partial charge in [-0.1, -0.05) is 0 Å². The van der Waals surface area contributed by atoms with E-state index in [9.17, 15) is 4.79 Å². The van der Waals surface area contributed by atoms with Gasteiger partial charge in [-0.25, -0.2) is 0 Å². The van der Waals surface area contributed by atoms with Crippen LogP contribution in [0.3, 0.4) is 0 Å². The van der Waals surface area contributed by atoms with E-state index in [0.717, 1.165) is 4.47 Å². The van der Waals surface area contributed by atoms with E-state index in [2.05, 4.69) is 15.9 Å². The van der Waals surface area contributed by atoms with Crippen LogP contribution in [0.4, 0.5) is 11.4 Å². The molecule has 0 fully saturated rings. The van der Waals surface area contributed by atoms with E-state index >= 15 is 0 Å². The van der Waals surface area contributed by atoms with Crippen molar-refractivity contribution in [2.75, 3.05) is 11.5 Å². The predicted molar refractivity (Wildman–Crippen MR) is 70.7 cm³/mol. The van der Waals surface area contributed by atoms with Gasteiger partial charge in [-0.2, -0.15) is 0 Å². The third-order valence-electron chi connectivity index (χ3n) is 2.14. The molecule has 0 saturated carbocycles. The number of thiophene rings is 1. The molecule has 0 aliphatic carbocycles. The van der Waals surface area contributed by atoms with E-state index in [0.29, 0.717) is 21.8 Å². The average Bonchev–Trinajstić information content (AvgIpc) is 2.63. The van der Waals surface area contributed by atoms with E-state index in [-0.39, 0.29) is 5.78 Å². The van der Waals surface area contributed by atoms with Gasteiger partial charge in [0.25, 0.3) is 0 Å². The zero-order valence-corrected chi connectivity index (χ0v) is 10.6. The topological polar surface area (TPSA) is 69.1 Å². The monoisotopic (exact) mass is 296 g/mol. The maximum Gasteiger partial charge on any atom is 0.206 e.